The molecule has 0 heterocycles. The fourth-order valence-corrected chi connectivity index (χ4v) is 3.46. The molecule has 0 aliphatic rings. The van der Waals surface area contributed by atoms with Crippen molar-refractivity contribution in [3.8, 4) is 0 Å². The maximum atomic E-state index is 12.4. The Kier molecular flexibility index (Phi) is 5.99. The molecule has 1 atom stereocenters. The Morgan fingerprint density at radius 1 is 0.926 bits per heavy atom. The number of carboxylic acids is 1. The van der Waals surface area contributed by atoms with Crippen LogP contribution in [0.5, 0.6) is 0 Å². The number of amides is 1. The first-order valence-corrected chi connectivity index (χ1v) is 9.12. The lowest BCUT2D eigenvalue weighted by atomic mass is 10.0. The number of aliphatic carboxylic acids is 1. The molecule has 27 heavy (non-hydrogen) atoms. The minimum Gasteiger partial charge on any atom is -0.480 e. The Hall–Kier alpha value is -2.56. The molecule has 0 aliphatic heterocycles. The molecule has 6 heteroatoms. The van der Waals surface area contributed by atoms with Crippen LogP contribution in [0.25, 0.3) is 10.8 Å². The topological polar surface area (TPSA) is 66.4 Å². The number of carboxylic acid groups (broad SMARTS) is 1. The summed E-state index contributed by atoms with van der Waals surface area (Å²) >= 11 is 12.2. The zero-order valence-corrected chi connectivity index (χ0v) is 15.8. The summed E-state index contributed by atoms with van der Waals surface area (Å²) in [6.45, 7) is 0. The van der Waals surface area contributed by atoms with Gasteiger partial charge in [0.05, 0.1) is 6.42 Å². The van der Waals surface area contributed by atoms with Crippen molar-refractivity contribution in [3.05, 3.63) is 81.8 Å². The third-order valence-electron chi connectivity index (χ3n) is 4.28. The SMILES string of the molecule is O=C(Cc1ccc2ccccc2c1)N[C@H](Cc1c(Cl)cccc1Cl)C(=O)O. The van der Waals surface area contributed by atoms with E-state index in [1.165, 1.54) is 0 Å². The standard InChI is InChI=1S/C21H17Cl2NO3/c22-17-6-3-7-18(23)16(17)12-19(21(26)27)24-20(25)11-13-8-9-14-4-1-2-5-15(14)10-13/h1-10,19H,11-12H2,(H,24,25)(H,26,27)/t19-/m1/s1. The number of hydrogen-bond acceptors (Lipinski definition) is 2. The van der Waals surface area contributed by atoms with Crippen molar-refractivity contribution in [2.75, 3.05) is 0 Å². The molecule has 4 nitrogen and oxygen atoms in total. The van der Waals surface area contributed by atoms with Crippen LogP contribution in [0.15, 0.2) is 60.7 Å². The molecule has 3 aromatic rings. The molecule has 0 spiro atoms. The summed E-state index contributed by atoms with van der Waals surface area (Å²) in [5, 5.41) is 14.9. The van der Waals surface area contributed by atoms with Crippen molar-refractivity contribution in [1.29, 1.82) is 0 Å². The lowest BCUT2D eigenvalue weighted by Crippen LogP contribution is -2.43. The Morgan fingerprint density at radius 3 is 2.26 bits per heavy atom. The van der Waals surface area contributed by atoms with E-state index in [2.05, 4.69) is 5.32 Å². The summed E-state index contributed by atoms with van der Waals surface area (Å²) in [4.78, 5) is 24.0. The van der Waals surface area contributed by atoms with Gasteiger partial charge in [0.2, 0.25) is 5.91 Å². The zero-order valence-electron chi connectivity index (χ0n) is 14.3. The molecule has 0 aliphatic carbocycles. The van der Waals surface area contributed by atoms with Crippen LogP contribution in [0.4, 0.5) is 0 Å². The molecule has 0 bridgehead atoms. The number of nitrogens with one attached hydrogen (secondary N) is 1. The van der Waals surface area contributed by atoms with Crippen LogP contribution in [-0.4, -0.2) is 23.0 Å². The van der Waals surface area contributed by atoms with E-state index in [4.69, 9.17) is 23.2 Å². The van der Waals surface area contributed by atoms with Gasteiger partial charge in [0, 0.05) is 16.5 Å². The Balaban J connectivity index is 1.72. The molecule has 3 aromatic carbocycles. The van der Waals surface area contributed by atoms with Gasteiger partial charge in [-0.05, 0) is 34.0 Å². The monoisotopic (exact) mass is 401 g/mol. The van der Waals surface area contributed by atoms with Crippen molar-refractivity contribution < 1.29 is 14.7 Å². The van der Waals surface area contributed by atoms with Crippen LogP contribution in [0.2, 0.25) is 10.0 Å². The zero-order chi connectivity index (χ0) is 19.4. The first kappa shape index (κ1) is 19.2. The Labute approximate surface area is 166 Å². The van der Waals surface area contributed by atoms with Crippen LogP contribution in [0, 0.1) is 0 Å². The molecular formula is C21H17Cl2NO3. The number of hydrogen-bond donors (Lipinski definition) is 2. The lowest BCUT2D eigenvalue weighted by Gasteiger charge is -2.16. The van der Waals surface area contributed by atoms with E-state index in [1.807, 2.05) is 42.5 Å². The Morgan fingerprint density at radius 2 is 1.59 bits per heavy atom. The van der Waals surface area contributed by atoms with Gasteiger partial charge in [-0.25, -0.2) is 4.79 Å². The van der Waals surface area contributed by atoms with Crippen molar-refractivity contribution in [2.45, 2.75) is 18.9 Å². The number of halogens is 2. The molecule has 0 fully saturated rings. The number of benzene rings is 3. The van der Waals surface area contributed by atoms with Gasteiger partial charge in [-0.15, -0.1) is 0 Å². The maximum absolute atomic E-state index is 12.4. The highest BCUT2D eigenvalue weighted by Crippen LogP contribution is 2.25. The number of fused-ring (bicyclic) bond motifs is 1. The molecule has 0 saturated heterocycles. The van der Waals surface area contributed by atoms with Crippen LogP contribution in [0.3, 0.4) is 0 Å². The first-order valence-electron chi connectivity index (χ1n) is 8.37. The quantitative estimate of drug-likeness (QED) is 0.638. The van der Waals surface area contributed by atoms with Gasteiger partial charge < -0.3 is 10.4 Å². The fraction of sp³-hybridized carbons (Fsp3) is 0.143. The summed E-state index contributed by atoms with van der Waals surface area (Å²) in [5.41, 5.74) is 1.31. The smallest absolute Gasteiger partial charge is 0.326 e. The van der Waals surface area contributed by atoms with Crippen molar-refractivity contribution in [2.24, 2.45) is 0 Å². The number of rotatable bonds is 6. The second kappa shape index (κ2) is 8.42. The van der Waals surface area contributed by atoms with E-state index in [9.17, 15) is 14.7 Å². The van der Waals surface area contributed by atoms with Crippen LogP contribution in [0.1, 0.15) is 11.1 Å². The van der Waals surface area contributed by atoms with Crippen molar-refractivity contribution >= 4 is 45.9 Å². The third kappa shape index (κ3) is 4.79. The Bertz CT molecular complexity index is 983. The molecule has 0 unspecified atom stereocenters. The predicted octanol–water partition coefficient (Wildman–Crippen LogP) is 4.50. The summed E-state index contributed by atoms with van der Waals surface area (Å²) in [6.07, 6.45) is 0.0994. The first-order chi connectivity index (χ1) is 12.9. The van der Waals surface area contributed by atoms with Crippen LogP contribution < -0.4 is 5.32 Å². The normalized spacial score (nSPS) is 11.9. The average molecular weight is 402 g/mol. The van der Waals surface area contributed by atoms with E-state index in [1.54, 1.807) is 18.2 Å². The van der Waals surface area contributed by atoms with Crippen LogP contribution >= 0.6 is 23.2 Å². The molecular weight excluding hydrogens is 385 g/mol. The van der Waals surface area contributed by atoms with Gasteiger partial charge in [-0.2, -0.15) is 0 Å². The molecule has 138 valence electrons. The van der Waals surface area contributed by atoms with Crippen molar-refractivity contribution in [3.63, 3.8) is 0 Å². The van der Waals surface area contributed by atoms with Crippen molar-refractivity contribution in [1.82, 2.24) is 5.32 Å². The average Bonchev–Trinajstić information content (AvgIpc) is 2.63. The molecule has 2 N–H and O–H groups in total. The van der Waals surface area contributed by atoms with Gasteiger partial charge in [0.25, 0.3) is 0 Å². The van der Waals surface area contributed by atoms with Gasteiger partial charge in [-0.1, -0.05) is 71.7 Å². The number of carbonyl (C=O) groups is 2. The predicted molar refractivity (Wildman–Crippen MR) is 107 cm³/mol. The van der Waals surface area contributed by atoms with E-state index < -0.39 is 12.0 Å². The minimum absolute atomic E-state index is 0.0112. The van der Waals surface area contributed by atoms with E-state index >= 15 is 0 Å². The molecule has 3 rings (SSSR count). The summed E-state index contributed by atoms with van der Waals surface area (Å²) in [5.74, 6) is -1.52. The van der Waals surface area contributed by atoms with E-state index in [-0.39, 0.29) is 18.7 Å². The third-order valence-corrected chi connectivity index (χ3v) is 4.99. The molecule has 0 radical (unpaired) electrons. The minimum atomic E-state index is -1.14. The maximum Gasteiger partial charge on any atom is 0.326 e. The van der Waals surface area contributed by atoms with Crippen LogP contribution in [-0.2, 0) is 22.4 Å². The largest absolute Gasteiger partial charge is 0.480 e. The molecule has 1 amide bonds. The summed E-state index contributed by atoms with van der Waals surface area (Å²) in [6, 6.07) is 17.4. The highest BCUT2D eigenvalue weighted by molar-refractivity contribution is 6.36. The van der Waals surface area contributed by atoms with Gasteiger partial charge in [0.1, 0.15) is 6.04 Å². The fourth-order valence-electron chi connectivity index (χ4n) is 2.91. The van der Waals surface area contributed by atoms with Gasteiger partial charge in [-0.3, -0.25) is 4.79 Å². The van der Waals surface area contributed by atoms with E-state index in [0.717, 1.165) is 16.3 Å². The lowest BCUT2D eigenvalue weighted by molar-refractivity contribution is -0.141. The van der Waals surface area contributed by atoms with E-state index in [0.29, 0.717) is 15.6 Å². The summed E-state index contributed by atoms with van der Waals surface area (Å²) < 4.78 is 0. The second-order valence-electron chi connectivity index (χ2n) is 6.22. The highest BCUT2D eigenvalue weighted by Gasteiger charge is 2.23. The van der Waals surface area contributed by atoms with Gasteiger partial charge in [0.15, 0.2) is 0 Å². The molecule has 0 saturated carbocycles. The molecule has 0 aromatic heterocycles. The van der Waals surface area contributed by atoms with Gasteiger partial charge >= 0.3 is 5.97 Å². The second-order valence-corrected chi connectivity index (χ2v) is 7.04. The highest BCUT2D eigenvalue weighted by atomic mass is 35.5. The summed E-state index contributed by atoms with van der Waals surface area (Å²) in [7, 11) is 0. The number of carbonyl (C=O) groups excluding carboxylic acids is 1.